The maximum absolute atomic E-state index is 14.0. The molecular weight excluding hydrogens is 369 g/mol. The zero-order chi connectivity index (χ0) is 14.4. The normalized spacial score (nSPS) is 14.1. The second-order valence-electron chi connectivity index (χ2n) is 4.16. The van der Waals surface area contributed by atoms with Crippen LogP contribution >= 0.6 is 38.9 Å². The molecular formula is C13H6BrClFNO2S. The molecule has 1 aromatic heterocycles. The molecule has 0 fully saturated rings. The van der Waals surface area contributed by atoms with Crippen molar-refractivity contribution in [1.82, 2.24) is 0 Å². The SMILES string of the molecule is O=C1C(=O)N(Cc2sccc2Br)c2c(F)ccc(Cl)c21. The molecule has 1 aliphatic heterocycles. The summed E-state index contributed by atoms with van der Waals surface area (Å²) in [7, 11) is 0. The van der Waals surface area contributed by atoms with Gasteiger partial charge in [0.15, 0.2) is 0 Å². The Labute approximate surface area is 131 Å². The lowest BCUT2D eigenvalue weighted by atomic mass is 10.1. The molecule has 0 saturated carbocycles. The average molecular weight is 375 g/mol. The Balaban J connectivity index is 2.11. The van der Waals surface area contributed by atoms with E-state index in [4.69, 9.17) is 11.6 Å². The minimum atomic E-state index is -0.767. The van der Waals surface area contributed by atoms with E-state index in [0.29, 0.717) is 0 Å². The van der Waals surface area contributed by atoms with Crippen molar-refractivity contribution in [2.24, 2.45) is 0 Å². The Kier molecular flexibility index (Phi) is 3.40. The monoisotopic (exact) mass is 373 g/mol. The van der Waals surface area contributed by atoms with Gasteiger partial charge in [-0.3, -0.25) is 14.5 Å². The van der Waals surface area contributed by atoms with Gasteiger partial charge in [-0.15, -0.1) is 11.3 Å². The first-order valence-electron chi connectivity index (χ1n) is 5.56. The Morgan fingerprint density at radius 1 is 1.30 bits per heavy atom. The molecule has 0 aliphatic carbocycles. The van der Waals surface area contributed by atoms with Crippen LogP contribution in [0.2, 0.25) is 5.02 Å². The molecule has 1 aromatic carbocycles. The van der Waals surface area contributed by atoms with E-state index in [1.54, 1.807) is 0 Å². The van der Waals surface area contributed by atoms with E-state index in [0.717, 1.165) is 20.3 Å². The largest absolute Gasteiger partial charge is 0.299 e. The fourth-order valence-electron chi connectivity index (χ4n) is 2.08. The lowest BCUT2D eigenvalue weighted by Crippen LogP contribution is -2.29. The number of nitrogens with zero attached hydrogens (tertiary/aromatic N) is 1. The number of hydrogen-bond acceptors (Lipinski definition) is 3. The quantitative estimate of drug-likeness (QED) is 0.744. The van der Waals surface area contributed by atoms with Crippen LogP contribution < -0.4 is 4.90 Å². The van der Waals surface area contributed by atoms with Crippen molar-refractivity contribution in [3.8, 4) is 0 Å². The highest BCUT2D eigenvalue weighted by Gasteiger charge is 2.40. The van der Waals surface area contributed by atoms with E-state index in [-0.39, 0.29) is 22.8 Å². The van der Waals surface area contributed by atoms with Crippen LogP contribution in [0.25, 0.3) is 0 Å². The van der Waals surface area contributed by atoms with Crippen molar-refractivity contribution in [3.63, 3.8) is 0 Å². The van der Waals surface area contributed by atoms with Crippen LogP contribution in [0, 0.1) is 5.82 Å². The van der Waals surface area contributed by atoms with E-state index in [2.05, 4.69) is 15.9 Å². The highest BCUT2D eigenvalue weighted by Crippen LogP contribution is 2.38. The first-order valence-corrected chi connectivity index (χ1v) is 7.62. The van der Waals surface area contributed by atoms with Gasteiger partial charge in [0.05, 0.1) is 22.8 Å². The summed E-state index contributed by atoms with van der Waals surface area (Å²) >= 11 is 10.7. The molecule has 0 spiro atoms. The van der Waals surface area contributed by atoms with Gasteiger partial charge in [-0.1, -0.05) is 11.6 Å². The number of thiophene rings is 1. The number of benzene rings is 1. The number of Topliss-reactive ketones (excluding diaryl/α,β-unsaturated/α-hetero) is 1. The van der Waals surface area contributed by atoms with Gasteiger partial charge in [-0.25, -0.2) is 4.39 Å². The Hall–Kier alpha value is -1.24. The second kappa shape index (κ2) is 4.95. The zero-order valence-electron chi connectivity index (χ0n) is 9.82. The van der Waals surface area contributed by atoms with Crippen LogP contribution in [0.1, 0.15) is 15.2 Å². The number of hydrogen-bond donors (Lipinski definition) is 0. The molecule has 2 aromatic rings. The molecule has 0 saturated heterocycles. The van der Waals surface area contributed by atoms with Crippen LogP contribution in [-0.4, -0.2) is 11.7 Å². The molecule has 3 nitrogen and oxygen atoms in total. The third-order valence-corrected chi connectivity index (χ3v) is 5.23. The van der Waals surface area contributed by atoms with Crippen molar-refractivity contribution < 1.29 is 14.0 Å². The summed E-state index contributed by atoms with van der Waals surface area (Å²) in [4.78, 5) is 26.0. The molecule has 0 radical (unpaired) electrons. The van der Waals surface area contributed by atoms with Crippen molar-refractivity contribution >= 4 is 56.2 Å². The second-order valence-corrected chi connectivity index (χ2v) is 6.43. The smallest absolute Gasteiger partial charge is 0.297 e. The van der Waals surface area contributed by atoms with E-state index >= 15 is 0 Å². The van der Waals surface area contributed by atoms with Crippen molar-refractivity contribution in [1.29, 1.82) is 0 Å². The van der Waals surface area contributed by atoms with Crippen molar-refractivity contribution in [2.75, 3.05) is 4.90 Å². The van der Waals surface area contributed by atoms with Gasteiger partial charge in [0, 0.05) is 9.35 Å². The fraction of sp³-hybridized carbons (Fsp3) is 0.0769. The number of fused-ring (bicyclic) bond motifs is 1. The molecule has 0 unspecified atom stereocenters. The third kappa shape index (κ3) is 1.99. The number of amides is 1. The van der Waals surface area contributed by atoms with Gasteiger partial charge in [-0.2, -0.15) is 0 Å². The molecule has 0 atom stereocenters. The topological polar surface area (TPSA) is 37.4 Å². The van der Waals surface area contributed by atoms with E-state index in [1.165, 1.54) is 17.4 Å². The lowest BCUT2D eigenvalue weighted by molar-refractivity contribution is -0.114. The number of anilines is 1. The van der Waals surface area contributed by atoms with Gasteiger partial charge in [0.2, 0.25) is 0 Å². The number of carbonyl (C=O) groups is 2. The summed E-state index contributed by atoms with van der Waals surface area (Å²) < 4.78 is 14.8. The highest BCUT2D eigenvalue weighted by atomic mass is 79.9. The maximum Gasteiger partial charge on any atom is 0.299 e. The van der Waals surface area contributed by atoms with Crippen molar-refractivity contribution in [3.05, 3.63) is 49.3 Å². The maximum atomic E-state index is 14.0. The molecule has 0 N–H and O–H groups in total. The number of ketones is 1. The molecule has 2 heterocycles. The van der Waals surface area contributed by atoms with Crippen LogP contribution in [0.3, 0.4) is 0 Å². The lowest BCUT2D eigenvalue weighted by Gasteiger charge is -2.16. The molecule has 3 rings (SSSR count). The molecule has 7 heteroatoms. The van der Waals surface area contributed by atoms with Gasteiger partial charge in [-0.05, 0) is 39.5 Å². The average Bonchev–Trinajstić information content (AvgIpc) is 2.92. The summed E-state index contributed by atoms with van der Waals surface area (Å²) in [6, 6.07) is 4.27. The summed E-state index contributed by atoms with van der Waals surface area (Å²) in [5.74, 6) is -2.15. The fourth-order valence-corrected chi connectivity index (χ4v) is 3.79. The van der Waals surface area contributed by atoms with E-state index in [1.807, 2.05) is 11.4 Å². The first-order chi connectivity index (χ1) is 9.50. The Morgan fingerprint density at radius 3 is 2.70 bits per heavy atom. The number of carbonyl (C=O) groups excluding carboxylic acids is 2. The summed E-state index contributed by atoms with van der Waals surface area (Å²) in [6.45, 7) is 0.132. The molecule has 1 aliphatic rings. The van der Waals surface area contributed by atoms with Crippen LogP contribution in [0.4, 0.5) is 10.1 Å². The summed E-state index contributed by atoms with van der Waals surface area (Å²) in [5.41, 5.74) is -0.0860. The van der Waals surface area contributed by atoms with E-state index in [9.17, 15) is 14.0 Å². The molecule has 20 heavy (non-hydrogen) atoms. The number of rotatable bonds is 2. The molecule has 102 valence electrons. The minimum absolute atomic E-state index is 0.0344. The molecule has 1 amide bonds. The highest BCUT2D eigenvalue weighted by molar-refractivity contribution is 9.10. The first kappa shape index (κ1) is 13.7. The molecule has 0 bridgehead atoms. The minimum Gasteiger partial charge on any atom is -0.297 e. The van der Waals surface area contributed by atoms with Gasteiger partial charge in [0.25, 0.3) is 11.7 Å². The van der Waals surface area contributed by atoms with E-state index < -0.39 is 17.5 Å². The standard InChI is InChI=1S/C13H6BrClFNO2S/c14-6-3-4-20-9(6)5-17-11-8(16)2-1-7(15)10(11)12(18)13(17)19/h1-4H,5H2. The van der Waals surface area contributed by atoms with Gasteiger partial charge >= 0.3 is 0 Å². The summed E-state index contributed by atoms with van der Waals surface area (Å²) in [6.07, 6.45) is 0. The zero-order valence-corrected chi connectivity index (χ0v) is 13.0. The van der Waals surface area contributed by atoms with Gasteiger partial charge in [0.1, 0.15) is 5.82 Å². The van der Waals surface area contributed by atoms with Crippen molar-refractivity contribution in [2.45, 2.75) is 6.54 Å². The predicted molar refractivity (Wildman–Crippen MR) is 78.9 cm³/mol. The van der Waals surface area contributed by atoms with Crippen LogP contribution in [0.15, 0.2) is 28.1 Å². The number of halogens is 3. The Morgan fingerprint density at radius 2 is 2.05 bits per heavy atom. The van der Waals surface area contributed by atoms with Crippen LogP contribution in [-0.2, 0) is 11.3 Å². The van der Waals surface area contributed by atoms with Crippen LogP contribution in [0.5, 0.6) is 0 Å². The third-order valence-electron chi connectivity index (χ3n) is 3.01. The van der Waals surface area contributed by atoms with Gasteiger partial charge < -0.3 is 0 Å². The Bertz CT molecular complexity index is 746. The summed E-state index contributed by atoms with van der Waals surface area (Å²) in [5, 5.41) is 1.93. The predicted octanol–water partition coefficient (Wildman–Crippen LogP) is 4.03.